The highest BCUT2D eigenvalue weighted by Gasteiger charge is 2.30. The van der Waals surface area contributed by atoms with Crippen LogP contribution in [0.2, 0.25) is 0 Å². The molecule has 1 heterocycles. The van der Waals surface area contributed by atoms with Crippen molar-refractivity contribution in [1.29, 1.82) is 0 Å². The van der Waals surface area contributed by atoms with Crippen molar-refractivity contribution in [3.8, 4) is 5.75 Å². The Balaban J connectivity index is 2.16. The van der Waals surface area contributed by atoms with E-state index in [1.54, 1.807) is 19.0 Å². The predicted octanol–water partition coefficient (Wildman–Crippen LogP) is 0.393. The number of piperazine rings is 1. The first-order valence-electron chi connectivity index (χ1n) is 6.62. The average molecular weight is 281 g/mol. The van der Waals surface area contributed by atoms with Gasteiger partial charge in [0.15, 0.2) is 0 Å². The molecule has 1 aliphatic rings. The predicted molar refractivity (Wildman–Crippen MR) is 73.8 cm³/mol. The summed E-state index contributed by atoms with van der Waals surface area (Å²) >= 11 is 0. The molecule has 0 bridgehead atoms. The summed E-state index contributed by atoms with van der Waals surface area (Å²) in [4.78, 5) is 15.7. The normalized spacial score (nSPS) is 19.9. The topological polar surface area (TPSA) is 55.8 Å². The fraction of sp³-hybridized carbons (Fsp3) is 0.500. The summed E-state index contributed by atoms with van der Waals surface area (Å²) in [6.45, 7) is 2.37. The van der Waals surface area contributed by atoms with Crippen LogP contribution in [-0.4, -0.2) is 60.6 Å². The molecule has 0 spiro atoms. The van der Waals surface area contributed by atoms with Crippen molar-refractivity contribution in [2.24, 2.45) is 0 Å². The fourth-order valence-corrected chi connectivity index (χ4v) is 2.38. The van der Waals surface area contributed by atoms with Crippen molar-refractivity contribution < 1.29 is 14.3 Å². The highest BCUT2D eigenvalue weighted by molar-refractivity contribution is 5.81. The van der Waals surface area contributed by atoms with Gasteiger partial charge in [-0.1, -0.05) is 0 Å². The zero-order valence-electron chi connectivity index (χ0n) is 11.8. The molecule has 5 nitrogen and oxygen atoms in total. The van der Waals surface area contributed by atoms with E-state index in [0.29, 0.717) is 25.2 Å². The second kappa shape index (κ2) is 6.19. The molecule has 20 heavy (non-hydrogen) atoms. The summed E-state index contributed by atoms with van der Waals surface area (Å²) in [6, 6.07) is 3.59. The number of hydrogen-bond donors (Lipinski definition) is 2. The number of aromatic hydroxyl groups is 1. The Bertz CT molecular complexity index is 493. The van der Waals surface area contributed by atoms with Crippen LogP contribution >= 0.6 is 0 Å². The van der Waals surface area contributed by atoms with Gasteiger partial charge in [0.2, 0.25) is 5.91 Å². The number of halogens is 1. The molecule has 1 unspecified atom stereocenters. The highest BCUT2D eigenvalue weighted by atomic mass is 19.1. The summed E-state index contributed by atoms with van der Waals surface area (Å²) in [6.07, 6.45) is 0. The lowest BCUT2D eigenvalue weighted by Gasteiger charge is -2.36. The van der Waals surface area contributed by atoms with Crippen LogP contribution in [0.4, 0.5) is 4.39 Å². The lowest BCUT2D eigenvalue weighted by Crippen LogP contribution is -2.57. The smallest absolute Gasteiger partial charge is 0.240 e. The van der Waals surface area contributed by atoms with Gasteiger partial charge in [-0.15, -0.1) is 0 Å². The SMILES string of the molecule is CN(C)C(=O)C1CNCCN1Cc1cc(F)ccc1O. The minimum absolute atomic E-state index is 0.00749. The Morgan fingerprint density at radius 3 is 3.00 bits per heavy atom. The Morgan fingerprint density at radius 2 is 2.30 bits per heavy atom. The van der Waals surface area contributed by atoms with Crippen LogP contribution in [0, 0.1) is 5.82 Å². The number of likely N-dealkylation sites (N-methyl/N-ethyl adjacent to an activating group) is 1. The van der Waals surface area contributed by atoms with E-state index in [0.717, 1.165) is 6.54 Å². The molecule has 0 saturated carbocycles. The van der Waals surface area contributed by atoms with Crippen LogP contribution in [0.3, 0.4) is 0 Å². The maximum absolute atomic E-state index is 13.3. The molecule has 0 aromatic heterocycles. The zero-order valence-corrected chi connectivity index (χ0v) is 11.8. The number of hydrogen-bond acceptors (Lipinski definition) is 4. The molecule has 1 amide bonds. The molecule has 2 rings (SSSR count). The number of nitrogens with zero attached hydrogens (tertiary/aromatic N) is 2. The Hall–Kier alpha value is -1.66. The van der Waals surface area contributed by atoms with E-state index in [2.05, 4.69) is 5.32 Å². The van der Waals surface area contributed by atoms with Crippen molar-refractivity contribution in [2.45, 2.75) is 12.6 Å². The number of rotatable bonds is 3. The van der Waals surface area contributed by atoms with Crippen molar-refractivity contribution in [1.82, 2.24) is 15.1 Å². The molecule has 1 aromatic carbocycles. The second-order valence-corrected chi connectivity index (χ2v) is 5.20. The first-order valence-corrected chi connectivity index (χ1v) is 6.62. The van der Waals surface area contributed by atoms with Crippen LogP contribution in [0.1, 0.15) is 5.56 Å². The van der Waals surface area contributed by atoms with Crippen molar-refractivity contribution in [3.05, 3.63) is 29.6 Å². The molecule has 1 atom stereocenters. The van der Waals surface area contributed by atoms with Crippen molar-refractivity contribution in [3.63, 3.8) is 0 Å². The number of carbonyl (C=O) groups excluding carboxylic acids is 1. The molecule has 1 aliphatic heterocycles. The summed E-state index contributed by atoms with van der Waals surface area (Å²) in [5, 5.41) is 13.0. The molecule has 6 heteroatoms. The summed E-state index contributed by atoms with van der Waals surface area (Å²) < 4.78 is 13.3. The third-order valence-corrected chi connectivity index (χ3v) is 3.50. The number of amides is 1. The van der Waals surface area contributed by atoms with Crippen LogP contribution in [0.15, 0.2) is 18.2 Å². The fourth-order valence-electron chi connectivity index (χ4n) is 2.38. The van der Waals surface area contributed by atoms with Gasteiger partial charge in [-0.3, -0.25) is 9.69 Å². The lowest BCUT2D eigenvalue weighted by atomic mass is 10.1. The second-order valence-electron chi connectivity index (χ2n) is 5.20. The number of phenolic OH excluding ortho intramolecular Hbond substituents is 1. The first kappa shape index (κ1) is 14.7. The molecule has 0 radical (unpaired) electrons. The maximum atomic E-state index is 13.3. The Labute approximate surface area is 118 Å². The maximum Gasteiger partial charge on any atom is 0.240 e. The third-order valence-electron chi connectivity index (χ3n) is 3.50. The summed E-state index contributed by atoms with van der Waals surface area (Å²) in [7, 11) is 3.43. The van der Waals surface area contributed by atoms with Crippen LogP contribution in [-0.2, 0) is 11.3 Å². The van der Waals surface area contributed by atoms with Gasteiger partial charge in [-0.25, -0.2) is 4.39 Å². The molecule has 1 saturated heterocycles. The standard InChI is InChI=1S/C14H20FN3O2/c1-17(2)14(20)12-8-16-5-6-18(12)9-10-7-11(15)3-4-13(10)19/h3-4,7,12,16,19H,5-6,8-9H2,1-2H3. The minimum Gasteiger partial charge on any atom is -0.508 e. The van der Waals surface area contributed by atoms with Gasteiger partial charge in [0, 0.05) is 45.8 Å². The van der Waals surface area contributed by atoms with Gasteiger partial charge in [-0.2, -0.15) is 0 Å². The molecule has 0 aliphatic carbocycles. The quantitative estimate of drug-likeness (QED) is 0.842. The van der Waals surface area contributed by atoms with E-state index in [9.17, 15) is 14.3 Å². The van der Waals surface area contributed by atoms with Gasteiger partial charge in [0.05, 0.1) is 0 Å². The van der Waals surface area contributed by atoms with E-state index in [-0.39, 0.29) is 23.5 Å². The highest BCUT2D eigenvalue weighted by Crippen LogP contribution is 2.21. The van der Waals surface area contributed by atoms with Gasteiger partial charge in [0.1, 0.15) is 17.6 Å². The van der Waals surface area contributed by atoms with Gasteiger partial charge in [0.25, 0.3) is 0 Å². The number of phenols is 1. The third kappa shape index (κ3) is 3.26. The number of benzene rings is 1. The van der Waals surface area contributed by atoms with E-state index < -0.39 is 0 Å². The lowest BCUT2D eigenvalue weighted by molar-refractivity contribution is -0.135. The molecular formula is C14H20FN3O2. The van der Waals surface area contributed by atoms with E-state index in [1.165, 1.54) is 18.2 Å². The van der Waals surface area contributed by atoms with E-state index in [4.69, 9.17) is 0 Å². The average Bonchev–Trinajstić information content (AvgIpc) is 2.42. The zero-order chi connectivity index (χ0) is 14.7. The van der Waals surface area contributed by atoms with Crippen LogP contribution in [0.5, 0.6) is 5.75 Å². The largest absolute Gasteiger partial charge is 0.508 e. The van der Waals surface area contributed by atoms with Gasteiger partial charge in [-0.05, 0) is 18.2 Å². The minimum atomic E-state index is -0.386. The van der Waals surface area contributed by atoms with Crippen LogP contribution in [0.25, 0.3) is 0 Å². The summed E-state index contributed by atoms with van der Waals surface area (Å²) in [5.74, 6) is -0.322. The monoisotopic (exact) mass is 281 g/mol. The van der Waals surface area contributed by atoms with E-state index >= 15 is 0 Å². The van der Waals surface area contributed by atoms with Crippen molar-refractivity contribution >= 4 is 5.91 Å². The number of carbonyl (C=O) groups is 1. The molecule has 2 N–H and O–H groups in total. The summed E-state index contributed by atoms with van der Waals surface area (Å²) in [5.41, 5.74) is 0.503. The Morgan fingerprint density at radius 1 is 1.55 bits per heavy atom. The van der Waals surface area contributed by atoms with Crippen LogP contribution < -0.4 is 5.32 Å². The molecule has 110 valence electrons. The van der Waals surface area contributed by atoms with Gasteiger partial charge >= 0.3 is 0 Å². The molecule has 1 aromatic rings. The van der Waals surface area contributed by atoms with E-state index in [1.807, 2.05) is 4.90 Å². The molecule has 1 fully saturated rings. The molecular weight excluding hydrogens is 261 g/mol. The Kier molecular flexibility index (Phi) is 4.57. The van der Waals surface area contributed by atoms with Gasteiger partial charge < -0.3 is 15.3 Å². The first-order chi connectivity index (χ1) is 9.49. The van der Waals surface area contributed by atoms with Crippen molar-refractivity contribution in [2.75, 3.05) is 33.7 Å². The number of nitrogens with one attached hydrogen (secondary N) is 1.